The highest BCUT2D eigenvalue weighted by atomic mass is 16.1. The van der Waals surface area contributed by atoms with Crippen molar-refractivity contribution in [2.45, 2.75) is 20.3 Å². The Labute approximate surface area is 162 Å². The molecule has 0 aliphatic carbocycles. The van der Waals surface area contributed by atoms with E-state index in [4.69, 9.17) is 0 Å². The van der Waals surface area contributed by atoms with Crippen molar-refractivity contribution in [1.82, 2.24) is 4.90 Å². The number of carbonyl (C=O) groups is 1. The summed E-state index contributed by atoms with van der Waals surface area (Å²) >= 11 is 0. The molecule has 2 aromatic carbocycles. The normalized spacial score (nSPS) is 14.9. The first-order chi connectivity index (χ1) is 13.0. The Bertz CT molecular complexity index is 764. The second-order valence-corrected chi connectivity index (χ2v) is 7.38. The van der Waals surface area contributed by atoms with Crippen LogP contribution in [0.15, 0.2) is 42.5 Å². The van der Waals surface area contributed by atoms with Gasteiger partial charge in [-0.25, -0.2) is 0 Å². The van der Waals surface area contributed by atoms with Gasteiger partial charge in [-0.3, -0.25) is 4.79 Å². The fourth-order valence-corrected chi connectivity index (χ4v) is 3.34. The third-order valence-corrected chi connectivity index (χ3v) is 5.07. The lowest BCUT2D eigenvalue weighted by molar-refractivity contribution is -0.115. The van der Waals surface area contributed by atoms with E-state index in [1.165, 1.54) is 11.3 Å². The van der Waals surface area contributed by atoms with Crippen LogP contribution in [0, 0.1) is 13.8 Å². The maximum atomic E-state index is 12.2. The van der Waals surface area contributed by atoms with Crippen molar-refractivity contribution in [3.8, 4) is 0 Å². The summed E-state index contributed by atoms with van der Waals surface area (Å²) in [6.45, 7) is 9.04. The molecule has 3 rings (SSSR count). The third-order valence-electron chi connectivity index (χ3n) is 5.07. The van der Waals surface area contributed by atoms with Crippen molar-refractivity contribution in [3.63, 3.8) is 0 Å². The van der Waals surface area contributed by atoms with Gasteiger partial charge in [-0.1, -0.05) is 17.7 Å². The molecule has 5 heteroatoms. The predicted octanol–water partition coefficient (Wildman–Crippen LogP) is 3.50. The Morgan fingerprint density at radius 2 is 1.70 bits per heavy atom. The first-order valence-corrected chi connectivity index (χ1v) is 9.66. The molecule has 27 heavy (non-hydrogen) atoms. The summed E-state index contributed by atoms with van der Waals surface area (Å²) in [7, 11) is 2.17. The number of nitrogens with one attached hydrogen (secondary N) is 2. The van der Waals surface area contributed by atoms with Crippen LogP contribution >= 0.6 is 0 Å². The average molecular weight is 367 g/mol. The molecule has 1 aliphatic rings. The van der Waals surface area contributed by atoms with Gasteiger partial charge in [0.1, 0.15) is 0 Å². The molecule has 0 aromatic heterocycles. The lowest BCUT2D eigenvalue weighted by Crippen LogP contribution is -2.44. The first kappa shape index (κ1) is 19.2. The number of hydrogen-bond donors (Lipinski definition) is 2. The molecule has 2 N–H and O–H groups in total. The van der Waals surface area contributed by atoms with E-state index in [-0.39, 0.29) is 5.91 Å². The van der Waals surface area contributed by atoms with E-state index in [1.54, 1.807) is 0 Å². The van der Waals surface area contributed by atoms with E-state index in [9.17, 15) is 4.79 Å². The van der Waals surface area contributed by atoms with Gasteiger partial charge in [-0.05, 0) is 56.8 Å². The molecular weight excluding hydrogens is 336 g/mol. The van der Waals surface area contributed by atoms with Gasteiger partial charge in [0.2, 0.25) is 5.91 Å². The highest BCUT2D eigenvalue weighted by molar-refractivity contribution is 5.91. The summed E-state index contributed by atoms with van der Waals surface area (Å²) in [4.78, 5) is 16.9. The number of benzene rings is 2. The minimum atomic E-state index is 0.0310. The zero-order valence-corrected chi connectivity index (χ0v) is 16.6. The molecule has 0 radical (unpaired) electrons. The van der Waals surface area contributed by atoms with Crippen LogP contribution in [-0.2, 0) is 4.79 Å². The molecular formula is C22H30N4O. The molecule has 5 nitrogen and oxygen atoms in total. The Kier molecular flexibility index (Phi) is 6.35. The summed E-state index contributed by atoms with van der Waals surface area (Å²) < 4.78 is 0. The van der Waals surface area contributed by atoms with Crippen LogP contribution < -0.4 is 15.5 Å². The number of hydrogen-bond acceptors (Lipinski definition) is 4. The molecule has 1 fully saturated rings. The fraction of sp³-hybridized carbons (Fsp3) is 0.409. The van der Waals surface area contributed by atoms with Crippen LogP contribution in [-0.4, -0.2) is 50.6 Å². The summed E-state index contributed by atoms with van der Waals surface area (Å²) in [6, 6.07) is 14.6. The van der Waals surface area contributed by atoms with Crippen molar-refractivity contribution in [3.05, 3.63) is 53.6 Å². The topological polar surface area (TPSA) is 47.6 Å². The highest BCUT2D eigenvalue weighted by Gasteiger charge is 2.13. The predicted molar refractivity (Wildman–Crippen MR) is 114 cm³/mol. The van der Waals surface area contributed by atoms with Crippen LogP contribution in [0.25, 0.3) is 0 Å². The number of carbonyl (C=O) groups excluding carboxylic acids is 1. The maximum absolute atomic E-state index is 12.2. The van der Waals surface area contributed by atoms with Gasteiger partial charge in [0.25, 0.3) is 0 Å². The molecule has 0 bridgehead atoms. The van der Waals surface area contributed by atoms with Crippen molar-refractivity contribution >= 4 is 23.0 Å². The van der Waals surface area contributed by atoms with Crippen LogP contribution in [0.1, 0.15) is 17.5 Å². The molecule has 1 saturated heterocycles. The van der Waals surface area contributed by atoms with Crippen molar-refractivity contribution in [1.29, 1.82) is 0 Å². The quantitative estimate of drug-likeness (QED) is 0.822. The van der Waals surface area contributed by atoms with Crippen molar-refractivity contribution in [2.75, 3.05) is 55.3 Å². The highest BCUT2D eigenvalue weighted by Crippen LogP contribution is 2.19. The number of piperazine rings is 1. The number of likely N-dealkylation sites (N-methyl/N-ethyl adjacent to an activating group) is 1. The van der Waals surface area contributed by atoms with Gasteiger partial charge in [-0.2, -0.15) is 0 Å². The summed E-state index contributed by atoms with van der Waals surface area (Å²) in [5.74, 6) is 0.0310. The summed E-state index contributed by atoms with van der Waals surface area (Å²) in [5, 5.41) is 6.32. The van der Waals surface area contributed by atoms with Crippen molar-refractivity contribution in [2.24, 2.45) is 0 Å². The molecule has 1 amide bonds. The molecule has 0 atom stereocenters. The number of aryl methyl sites for hydroxylation is 2. The zero-order chi connectivity index (χ0) is 19.2. The number of amides is 1. The van der Waals surface area contributed by atoms with E-state index >= 15 is 0 Å². The zero-order valence-electron chi connectivity index (χ0n) is 16.6. The smallest absolute Gasteiger partial charge is 0.226 e. The second-order valence-electron chi connectivity index (χ2n) is 7.38. The van der Waals surface area contributed by atoms with Gasteiger partial charge in [-0.15, -0.1) is 0 Å². The largest absolute Gasteiger partial charge is 0.385 e. The first-order valence-electron chi connectivity index (χ1n) is 9.66. The molecule has 0 spiro atoms. The summed E-state index contributed by atoms with van der Waals surface area (Å²) in [5.41, 5.74) is 5.50. The van der Waals surface area contributed by atoms with Gasteiger partial charge >= 0.3 is 0 Å². The Balaban J connectivity index is 1.44. The monoisotopic (exact) mass is 366 g/mol. The standard InChI is InChI=1S/C22H30N4O/c1-17-4-9-21(18(2)16-17)24-22(27)10-11-23-19-5-7-20(8-6-19)26-14-12-25(3)13-15-26/h4-9,16,23H,10-15H2,1-3H3,(H,24,27). The van der Waals surface area contributed by atoms with Crippen LogP contribution in [0.2, 0.25) is 0 Å². The van der Waals surface area contributed by atoms with Gasteiger partial charge in [0.15, 0.2) is 0 Å². The van der Waals surface area contributed by atoms with Gasteiger partial charge in [0.05, 0.1) is 0 Å². The second kappa shape index (κ2) is 8.91. The molecule has 144 valence electrons. The van der Waals surface area contributed by atoms with Crippen LogP contribution in [0.4, 0.5) is 17.1 Å². The Morgan fingerprint density at radius 1 is 1.00 bits per heavy atom. The minimum Gasteiger partial charge on any atom is -0.385 e. The van der Waals surface area contributed by atoms with E-state index in [2.05, 4.69) is 64.7 Å². The minimum absolute atomic E-state index is 0.0310. The van der Waals surface area contributed by atoms with E-state index < -0.39 is 0 Å². The Morgan fingerprint density at radius 3 is 2.37 bits per heavy atom. The van der Waals surface area contributed by atoms with E-state index in [0.717, 1.165) is 43.1 Å². The number of rotatable bonds is 6. The average Bonchev–Trinajstić information content (AvgIpc) is 2.65. The van der Waals surface area contributed by atoms with Crippen molar-refractivity contribution < 1.29 is 4.79 Å². The van der Waals surface area contributed by atoms with Crippen LogP contribution in [0.3, 0.4) is 0 Å². The number of anilines is 3. The molecule has 1 heterocycles. The SMILES string of the molecule is Cc1ccc(NC(=O)CCNc2ccc(N3CCN(C)CC3)cc2)c(C)c1. The molecule has 0 saturated carbocycles. The van der Waals surface area contributed by atoms with Crippen LogP contribution in [0.5, 0.6) is 0 Å². The van der Waals surface area contributed by atoms with E-state index in [0.29, 0.717) is 13.0 Å². The lowest BCUT2D eigenvalue weighted by atomic mass is 10.1. The lowest BCUT2D eigenvalue weighted by Gasteiger charge is -2.34. The molecule has 0 unspecified atom stereocenters. The summed E-state index contributed by atoms with van der Waals surface area (Å²) in [6.07, 6.45) is 0.438. The van der Waals surface area contributed by atoms with E-state index in [1.807, 2.05) is 19.1 Å². The maximum Gasteiger partial charge on any atom is 0.226 e. The number of nitrogens with zero attached hydrogens (tertiary/aromatic N) is 2. The third kappa shape index (κ3) is 5.47. The molecule has 1 aliphatic heterocycles. The fourth-order valence-electron chi connectivity index (χ4n) is 3.34. The van der Waals surface area contributed by atoms with Gasteiger partial charge < -0.3 is 20.4 Å². The van der Waals surface area contributed by atoms with Gasteiger partial charge in [0, 0.05) is 56.2 Å². The Hall–Kier alpha value is -2.53. The molecule has 2 aromatic rings.